The summed E-state index contributed by atoms with van der Waals surface area (Å²) in [6.07, 6.45) is 1.59. The highest BCUT2D eigenvalue weighted by Gasteiger charge is 2.17. The molecule has 0 aliphatic heterocycles. The molecule has 5 heteroatoms. The Morgan fingerprint density at radius 2 is 1.60 bits per heavy atom. The van der Waals surface area contributed by atoms with Gasteiger partial charge in [-0.3, -0.25) is 0 Å². The SMILES string of the molecule is CC(C)CN(CC(C)C)c1ncnc(NC(C)C)c1N. The summed E-state index contributed by atoms with van der Waals surface area (Å²) in [5.41, 5.74) is 6.90. The van der Waals surface area contributed by atoms with Crippen molar-refractivity contribution in [3.63, 3.8) is 0 Å². The Bertz CT molecular complexity index is 405. The van der Waals surface area contributed by atoms with E-state index in [0.29, 0.717) is 23.6 Å². The lowest BCUT2D eigenvalue weighted by Gasteiger charge is -2.29. The second kappa shape index (κ2) is 7.31. The molecule has 0 aliphatic carbocycles. The van der Waals surface area contributed by atoms with Gasteiger partial charge in [-0.15, -0.1) is 0 Å². The fourth-order valence-electron chi connectivity index (χ4n) is 2.16. The number of nitrogens with one attached hydrogen (secondary N) is 1. The van der Waals surface area contributed by atoms with Crippen LogP contribution in [-0.4, -0.2) is 29.1 Å². The van der Waals surface area contributed by atoms with Crippen LogP contribution < -0.4 is 16.0 Å². The summed E-state index contributed by atoms with van der Waals surface area (Å²) in [4.78, 5) is 10.9. The maximum atomic E-state index is 6.25. The van der Waals surface area contributed by atoms with E-state index in [9.17, 15) is 0 Å². The molecule has 20 heavy (non-hydrogen) atoms. The van der Waals surface area contributed by atoms with Crippen molar-refractivity contribution < 1.29 is 0 Å². The first-order chi connectivity index (χ1) is 9.31. The Kier molecular flexibility index (Phi) is 6.05. The minimum Gasteiger partial charge on any atom is -0.393 e. The van der Waals surface area contributed by atoms with Crippen LogP contribution in [0.2, 0.25) is 0 Å². The van der Waals surface area contributed by atoms with Crippen molar-refractivity contribution in [1.82, 2.24) is 9.97 Å². The second-order valence-corrected chi connectivity index (χ2v) is 6.45. The van der Waals surface area contributed by atoms with E-state index in [2.05, 4.69) is 61.7 Å². The highest BCUT2D eigenvalue weighted by Crippen LogP contribution is 2.27. The van der Waals surface area contributed by atoms with Gasteiger partial charge in [0.15, 0.2) is 11.6 Å². The predicted molar refractivity (Wildman–Crippen MR) is 87.1 cm³/mol. The van der Waals surface area contributed by atoms with Crippen LogP contribution in [0.4, 0.5) is 17.3 Å². The van der Waals surface area contributed by atoms with Gasteiger partial charge in [-0.2, -0.15) is 0 Å². The molecule has 0 saturated carbocycles. The average Bonchev–Trinajstić information content (AvgIpc) is 2.29. The lowest BCUT2D eigenvalue weighted by Crippen LogP contribution is -2.33. The second-order valence-electron chi connectivity index (χ2n) is 6.45. The highest BCUT2D eigenvalue weighted by atomic mass is 15.2. The standard InChI is InChI=1S/C15H29N5/c1-10(2)7-20(8-11(3)4)15-13(16)14(17-9-18-15)19-12(5)6/h9-12H,7-8,16H2,1-6H3,(H,17,18,19). The van der Waals surface area contributed by atoms with Crippen molar-refractivity contribution >= 4 is 17.3 Å². The van der Waals surface area contributed by atoms with Gasteiger partial charge in [0, 0.05) is 19.1 Å². The molecule has 0 bridgehead atoms. The molecule has 0 aliphatic rings. The van der Waals surface area contributed by atoms with Gasteiger partial charge in [-0.05, 0) is 25.7 Å². The molecule has 0 atom stereocenters. The number of hydrogen-bond donors (Lipinski definition) is 2. The van der Waals surface area contributed by atoms with Crippen LogP contribution in [0, 0.1) is 11.8 Å². The summed E-state index contributed by atoms with van der Waals surface area (Å²) >= 11 is 0. The Morgan fingerprint density at radius 1 is 1.05 bits per heavy atom. The number of nitrogen functional groups attached to an aromatic ring is 1. The van der Waals surface area contributed by atoms with Gasteiger partial charge < -0.3 is 16.0 Å². The maximum absolute atomic E-state index is 6.25. The zero-order valence-electron chi connectivity index (χ0n) is 13.6. The minimum absolute atomic E-state index is 0.295. The number of anilines is 3. The molecular weight excluding hydrogens is 250 g/mol. The zero-order chi connectivity index (χ0) is 15.3. The van der Waals surface area contributed by atoms with Crippen LogP contribution in [0.15, 0.2) is 6.33 Å². The van der Waals surface area contributed by atoms with E-state index >= 15 is 0 Å². The summed E-state index contributed by atoms with van der Waals surface area (Å²) in [6, 6.07) is 0.295. The van der Waals surface area contributed by atoms with Crippen molar-refractivity contribution in [3.05, 3.63) is 6.33 Å². The van der Waals surface area contributed by atoms with E-state index in [1.807, 2.05) is 0 Å². The molecule has 5 nitrogen and oxygen atoms in total. The number of aromatic nitrogens is 2. The van der Waals surface area contributed by atoms with Gasteiger partial charge >= 0.3 is 0 Å². The van der Waals surface area contributed by atoms with Gasteiger partial charge in [0.05, 0.1) is 0 Å². The van der Waals surface area contributed by atoms with Crippen molar-refractivity contribution in [3.8, 4) is 0 Å². The highest BCUT2D eigenvalue weighted by molar-refractivity contribution is 5.75. The van der Waals surface area contributed by atoms with Crippen molar-refractivity contribution in [2.24, 2.45) is 11.8 Å². The van der Waals surface area contributed by atoms with Gasteiger partial charge in [-0.1, -0.05) is 27.7 Å². The quantitative estimate of drug-likeness (QED) is 0.803. The molecule has 1 aromatic heterocycles. The fraction of sp³-hybridized carbons (Fsp3) is 0.733. The Hall–Kier alpha value is -1.52. The van der Waals surface area contributed by atoms with E-state index in [-0.39, 0.29) is 0 Å². The third-order valence-electron chi connectivity index (χ3n) is 2.76. The molecule has 0 fully saturated rings. The van der Waals surface area contributed by atoms with Crippen molar-refractivity contribution in [2.75, 3.05) is 29.0 Å². The largest absolute Gasteiger partial charge is 0.393 e. The third-order valence-corrected chi connectivity index (χ3v) is 2.76. The van der Waals surface area contributed by atoms with Crippen LogP contribution in [0.1, 0.15) is 41.5 Å². The summed E-state index contributed by atoms with van der Waals surface area (Å²) in [7, 11) is 0. The van der Waals surface area contributed by atoms with Gasteiger partial charge in [0.1, 0.15) is 12.0 Å². The number of rotatable bonds is 7. The molecule has 1 rings (SSSR count). The molecule has 114 valence electrons. The molecule has 0 radical (unpaired) electrons. The lowest BCUT2D eigenvalue weighted by molar-refractivity contribution is 0.549. The first kappa shape index (κ1) is 16.5. The van der Waals surface area contributed by atoms with Gasteiger partial charge in [0.2, 0.25) is 0 Å². The lowest BCUT2D eigenvalue weighted by atomic mass is 10.1. The maximum Gasteiger partial charge on any atom is 0.157 e. The van der Waals surface area contributed by atoms with Crippen molar-refractivity contribution in [1.29, 1.82) is 0 Å². The molecule has 0 unspecified atom stereocenters. The fourth-order valence-corrected chi connectivity index (χ4v) is 2.16. The predicted octanol–water partition coefficient (Wildman–Crippen LogP) is 3.00. The summed E-state index contributed by atoms with van der Waals surface area (Å²) < 4.78 is 0. The number of hydrogen-bond acceptors (Lipinski definition) is 5. The molecule has 0 saturated heterocycles. The summed E-state index contributed by atoms with van der Waals surface area (Å²) in [5, 5.41) is 3.27. The first-order valence-corrected chi connectivity index (χ1v) is 7.43. The average molecular weight is 279 g/mol. The monoisotopic (exact) mass is 279 g/mol. The van der Waals surface area contributed by atoms with Crippen LogP contribution >= 0.6 is 0 Å². The number of nitrogens with zero attached hydrogens (tertiary/aromatic N) is 3. The van der Waals surface area contributed by atoms with E-state index in [1.54, 1.807) is 6.33 Å². The van der Waals surface area contributed by atoms with Crippen LogP contribution in [0.25, 0.3) is 0 Å². The van der Waals surface area contributed by atoms with Gasteiger partial charge in [-0.25, -0.2) is 9.97 Å². The van der Waals surface area contributed by atoms with Crippen LogP contribution in [-0.2, 0) is 0 Å². The number of nitrogens with two attached hydrogens (primary N) is 1. The Balaban J connectivity index is 3.05. The van der Waals surface area contributed by atoms with E-state index in [0.717, 1.165) is 24.7 Å². The molecule has 1 heterocycles. The molecule has 1 aromatic rings. The van der Waals surface area contributed by atoms with E-state index in [4.69, 9.17) is 5.73 Å². The summed E-state index contributed by atoms with van der Waals surface area (Å²) in [6.45, 7) is 14.9. The van der Waals surface area contributed by atoms with Gasteiger partial charge in [0.25, 0.3) is 0 Å². The van der Waals surface area contributed by atoms with Crippen LogP contribution in [0.3, 0.4) is 0 Å². The van der Waals surface area contributed by atoms with Crippen molar-refractivity contribution in [2.45, 2.75) is 47.6 Å². The first-order valence-electron chi connectivity index (χ1n) is 7.43. The third kappa shape index (κ3) is 4.87. The Labute approximate surface area is 123 Å². The van der Waals surface area contributed by atoms with E-state index < -0.39 is 0 Å². The Morgan fingerprint density at radius 3 is 2.05 bits per heavy atom. The van der Waals surface area contributed by atoms with E-state index in [1.165, 1.54) is 0 Å². The molecule has 0 spiro atoms. The summed E-state index contributed by atoms with van der Waals surface area (Å²) in [5.74, 6) is 2.68. The molecular formula is C15H29N5. The molecule has 3 N–H and O–H groups in total. The normalized spacial score (nSPS) is 11.4. The minimum atomic E-state index is 0.295. The molecule has 0 aromatic carbocycles. The molecule has 0 amide bonds. The smallest absolute Gasteiger partial charge is 0.157 e. The topological polar surface area (TPSA) is 67.1 Å². The van der Waals surface area contributed by atoms with Crippen LogP contribution in [0.5, 0.6) is 0 Å². The zero-order valence-corrected chi connectivity index (χ0v) is 13.6.